The van der Waals surface area contributed by atoms with Gasteiger partial charge in [-0.25, -0.2) is 0 Å². The molecule has 0 spiro atoms. The molecule has 0 bridgehead atoms. The van der Waals surface area contributed by atoms with Gasteiger partial charge in [-0.15, -0.1) is 0 Å². The summed E-state index contributed by atoms with van der Waals surface area (Å²) in [5, 5.41) is 3.40. The molecule has 0 heterocycles. The second kappa shape index (κ2) is 8.54. The van der Waals surface area contributed by atoms with E-state index in [1.807, 2.05) is 0 Å². The van der Waals surface area contributed by atoms with Crippen molar-refractivity contribution in [1.29, 1.82) is 0 Å². The molecular weight excluding hydrogens is 290 g/mol. The molecule has 0 unspecified atom stereocenters. The van der Waals surface area contributed by atoms with Crippen molar-refractivity contribution in [2.45, 2.75) is 40.0 Å². The second-order valence-electron chi connectivity index (χ2n) is 4.68. The van der Waals surface area contributed by atoms with Gasteiger partial charge in [-0.05, 0) is 50.1 Å². The molecule has 0 aliphatic carbocycles. The summed E-state index contributed by atoms with van der Waals surface area (Å²) in [5.74, 6) is 0.962. The zero-order valence-electron chi connectivity index (χ0n) is 11.7. The van der Waals surface area contributed by atoms with E-state index in [1.165, 1.54) is 34.9 Å². The van der Waals surface area contributed by atoms with E-state index in [0.717, 1.165) is 25.4 Å². The molecule has 0 saturated carbocycles. The number of halogens is 1. The van der Waals surface area contributed by atoms with Gasteiger partial charge in [0, 0.05) is 11.0 Å². The third-order valence-electron chi connectivity index (χ3n) is 2.91. The molecule has 1 aromatic carbocycles. The molecule has 0 radical (unpaired) electrons. The molecule has 1 N–H and O–H groups in total. The van der Waals surface area contributed by atoms with E-state index in [4.69, 9.17) is 4.74 Å². The van der Waals surface area contributed by atoms with Gasteiger partial charge in [-0.3, -0.25) is 0 Å². The fourth-order valence-corrected chi connectivity index (χ4v) is 2.08. The summed E-state index contributed by atoms with van der Waals surface area (Å²) in [4.78, 5) is 0. The average Bonchev–Trinajstić information content (AvgIpc) is 2.34. The van der Waals surface area contributed by atoms with Crippen LogP contribution >= 0.6 is 15.9 Å². The highest BCUT2D eigenvalue weighted by Crippen LogP contribution is 2.26. The lowest BCUT2D eigenvalue weighted by atomic mass is 10.1. The molecule has 18 heavy (non-hydrogen) atoms. The lowest BCUT2D eigenvalue weighted by molar-refractivity contribution is 0.313. The molecular formula is C15H24BrNO. The first kappa shape index (κ1) is 15.5. The van der Waals surface area contributed by atoms with Crippen LogP contribution in [0.1, 0.15) is 37.3 Å². The summed E-state index contributed by atoms with van der Waals surface area (Å²) in [7, 11) is 0. The van der Waals surface area contributed by atoms with Gasteiger partial charge in [0.1, 0.15) is 12.4 Å². The number of hydrogen-bond acceptors (Lipinski definition) is 2. The molecule has 0 fully saturated rings. The SMILES string of the molecule is CCCCCNCCOc1cc(C)c(Br)c(C)c1. The summed E-state index contributed by atoms with van der Waals surface area (Å²) in [6, 6.07) is 4.16. The fraction of sp³-hybridized carbons (Fsp3) is 0.600. The number of hydrogen-bond donors (Lipinski definition) is 1. The summed E-state index contributed by atoms with van der Waals surface area (Å²) in [6.45, 7) is 9.14. The monoisotopic (exact) mass is 313 g/mol. The maximum Gasteiger partial charge on any atom is 0.119 e. The van der Waals surface area contributed by atoms with Crippen molar-refractivity contribution in [2.75, 3.05) is 19.7 Å². The van der Waals surface area contributed by atoms with Crippen molar-refractivity contribution in [3.8, 4) is 5.75 Å². The summed E-state index contributed by atoms with van der Waals surface area (Å²) in [6.07, 6.45) is 3.83. The van der Waals surface area contributed by atoms with Crippen LogP contribution in [0.3, 0.4) is 0 Å². The zero-order chi connectivity index (χ0) is 13.4. The Balaban J connectivity index is 2.23. The van der Waals surface area contributed by atoms with Gasteiger partial charge in [0.2, 0.25) is 0 Å². The second-order valence-corrected chi connectivity index (χ2v) is 5.47. The Bertz CT molecular complexity index is 343. The lowest BCUT2D eigenvalue weighted by Crippen LogP contribution is -2.22. The molecule has 0 aromatic heterocycles. The van der Waals surface area contributed by atoms with E-state index in [2.05, 4.69) is 54.2 Å². The minimum absolute atomic E-state index is 0.729. The molecule has 102 valence electrons. The molecule has 3 heteroatoms. The topological polar surface area (TPSA) is 21.3 Å². The first-order valence-corrected chi connectivity index (χ1v) is 7.54. The van der Waals surface area contributed by atoms with E-state index in [-0.39, 0.29) is 0 Å². The average molecular weight is 314 g/mol. The highest BCUT2D eigenvalue weighted by atomic mass is 79.9. The van der Waals surface area contributed by atoms with E-state index in [9.17, 15) is 0 Å². The quantitative estimate of drug-likeness (QED) is 0.725. The Morgan fingerprint density at radius 1 is 1.11 bits per heavy atom. The maximum atomic E-state index is 5.75. The van der Waals surface area contributed by atoms with Crippen LogP contribution in [-0.4, -0.2) is 19.7 Å². The molecule has 0 atom stereocenters. The van der Waals surface area contributed by atoms with Crippen molar-refractivity contribution in [1.82, 2.24) is 5.32 Å². The number of ether oxygens (including phenoxy) is 1. The van der Waals surface area contributed by atoms with Crippen molar-refractivity contribution in [2.24, 2.45) is 0 Å². The number of benzene rings is 1. The summed E-state index contributed by atoms with van der Waals surface area (Å²) >= 11 is 3.56. The Hall–Kier alpha value is -0.540. The number of unbranched alkanes of at least 4 members (excludes halogenated alkanes) is 2. The largest absolute Gasteiger partial charge is 0.492 e. The van der Waals surface area contributed by atoms with Gasteiger partial charge in [-0.2, -0.15) is 0 Å². The molecule has 1 rings (SSSR count). The maximum absolute atomic E-state index is 5.75. The molecule has 0 saturated heterocycles. The van der Waals surface area contributed by atoms with Crippen LogP contribution in [0.15, 0.2) is 16.6 Å². The van der Waals surface area contributed by atoms with E-state index >= 15 is 0 Å². The first-order valence-electron chi connectivity index (χ1n) is 6.75. The first-order chi connectivity index (χ1) is 8.65. The van der Waals surface area contributed by atoms with Crippen LogP contribution in [0, 0.1) is 13.8 Å². The summed E-state index contributed by atoms with van der Waals surface area (Å²) in [5.41, 5.74) is 2.45. The number of rotatable bonds is 8. The van der Waals surface area contributed by atoms with Crippen molar-refractivity contribution >= 4 is 15.9 Å². The smallest absolute Gasteiger partial charge is 0.119 e. The third-order valence-corrected chi connectivity index (χ3v) is 4.17. The van der Waals surface area contributed by atoms with Gasteiger partial charge < -0.3 is 10.1 Å². The Labute approximate surface area is 119 Å². The lowest BCUT2D eigenvalue weighted by Gasteiger charge is -2.10. The van der Waals surface area contributed by atoms with Crippen LogP contribution in [0.5, 0.6) is 5.75 Å². The van der Waals surface area contributed by atoms with Crippen molar-refractivity contribution in [3.05, 3.63) is 27.7 Å². The normalized spacial score (nSPS) is 10.7. The molecule has 0 amide bonds. The van der Waals surface area contributed by atoms with Gasteiger partial charge >= 0.3 is 0 Å². The van der Waals surface area contributed by atoms with Gasteiger partial charge in [0.05, 0.1) is 0 Å². The minimum Gasteiger partial charge on any atom is -0.492 e. The predicted octanol–water partition coefficient (Wildman–Crippen LogP) is 4.22. The van der Waals surface area contributed by atoms with E-state index in [1.54, 1.807) is 0 Å². The van der Waals surface area contributed by atoms with E-state index in [0.29, 0.717) is 0 Å². The molecule has 0 aliphatic heterocycles. The van der Waals surface area contributed by atoms with Crippen LogP contribution < -0.4 is 10.1 Å². The van der Waals surface area contributed by atoms with Crippen molar-refractivity contribution < 1.29 is 4.74 Å². The zero-order valence-corrected chi connectivity index (χ0v) is 13.3. The van der Waals surface area contributed by atoms with Gasteiger partial charge in [0.15, 0.2) is 0 Å². The highest BCUT2D eigenvalue weighted by molar-refractivity contribution is 9.10. The van der Waals surface area contributed by atoms with Crippen LogP contribution in [0.25, 0.3) is 0 Å². The van der Waals surface area contributed by atoms with Crippen LogP contribution in [0.4, 0.5) is 0 Å². The fourth-order valence-electron chi connectivity index (χ4n) is 1.86. The molecule has 1 aromatic rings. The Morgan fingerprint density at radius 3 is 2.39 bits per heavy atom. The number of nitrogens with one attached hydrogen (secondary N) is 1. The number of aryl methyl sites for hydroxylation is 2. The van der Waals surface area contributed by atoms with E-state index < -0.39 is 0 Å². The van der Waals surface area contributed by atoms with Gasteiger partial charge in [0.25, 0.3) is 0 Å². The predicted molar refractivity (Wildman–Crippen MR) is 81.5 cm³/mol. The standard InChI is InChI=1S/C15H24BrNO/c1-4-5-6-7-17-8-9-18-14-10-12(2)15(16)13(3)11-14/h10-11,17H,4-9H2,1-3H3. The highest BCUT2D eigenvalue weighted by Gasteiger charge is 2.02. The summed E-state index contributed by atoms with van der Waals surface area (Å²) < 4.78 is 6.92. The van der Waals surface area contributed by atoms with Crippen LogP contribution in [-0.2, 0) is 0 Å². The van der Waals surface area contributed by atoms with Crippen LogP contribution in [0.2, 0.25) is 0 Å². The Morgan fingerprint density at radius 2 is 1.78 bits per heavy atom. The van der Waals surface area contributed by atoms with Gasteiger partial charge in [-0.1, -0.05) is 35.7 Å². The molecule has 0 aliphatic rings. The minimum atomic E-state index is 0.729. The Kier molecular flexibility index (Phi) is 7.36. The molecule has 2 nitrogen and oxygen atoms in total. The van der Waals surface area contributed by atoms with Crippen molar-refractivity contribution in [3.63, 3.8) is 0 Å². The third kappa shape index (κ3) is 5.40.